The van der Waals surface area contributed by atoms with E-state index >= 15 is 0 Å². The third-order valence-corrected chi connectivity index (χ3v) is 4.40. The van der Waals surface area contributed by atoms with Crippen molar-refractivity contribution in [1.29, 1.82) is 0 Å². The van der Waals surface area contributed by atoms with E-state index in [0.29, 0.717) is 12.0 Å². The van der Waals surface area contributed by atoms with Crippen LogP contribution in [-0.2, 0) is 6.54 Å². The molecule has 0 aromatic heterocycles. The minimum atomic E-state index is -0.445. The molecule has 0 spiro atoms. The molecule has 24 heavy (non-hydrogen) atoms. The van der Waals surface area contributed by atoms with Crippen molar-refractivity contribution in [3.05, 3.63) is 35.4 Å². The highest BCUT2D eigenvalue weighted by Gasteiger charge is 2.19. The molecule has 1 aromatic rings. The van der Waals surface area contributed by atoms with Crippen molar-refractivity contribution in [3.8, 4) is 0 Å². The second-order valence-corrected chi connectivity index (χ2v) is 6.23. The minimum Gasteiger partial charge on any atom is -0.355 e. The topological polar surface area (TPSA) is 42.9 Å². The predicted molar refractivity (Wildman–Crippen MR) is 93.1 cm³/mol. The molecule has 1 unspecified atom stereocenters. The summed E-state index contributed by atoms with van der Waals surface area (Å²) in [6, 6.07) is 3.83. The van der Waals surface area contributed by atoms with Gasteiger partial charge in [-0.05, 0) is 32.2 Å². The van der Waals surface area contributed by atoms with Crippen molar-refractivity contribution in [2.24, 2.45) is 4.99 Å². The Kier molecular flexibility index (Phi) is 6.93. The van der Waals surface area contributed by atoms with E-state index < -0.39 is 11.6 Å². The van der Waals surface area contributed by atoms with Gasteiger partial charge in [-0.2, -0.15) is 0 Å². The maximum atomic E-state index is 13.6. The van der Waals surface area contributed by atoms with Gasteiger partial charge in [0.15, 0.2) is 5.96 Å². The lowest BCUT2D eigenvalue weighted by Gasteiger charge is -2.36. The second-order valence-electron chi connectivity index (χ2n) is 6.23. The molecule has 1 saturated heterocycles. The fourth-order valence-electron chi connectivity index (χ4n) is 2.71. The summed E-state index contributed by atoms with van der Waals surface area (Å²) in [4.78, 5) is 8.90. The van der Waals surface area contributed by atoms with Gasteiger partial charge in [-0.25, -0.2) is 8.78 Å². The first kappa shape index (κ1) is 18.6. The smallest absolute Gasteiger partial charge is 0.191 e. The van der Waals surface area contributed by atoms with Crippen molar-refractivity contribution in [2.45, 2.75) is 19.5 Å². The van der Waals surface area contributed by atoms with Gasteiger partial charge in [0.25, 0.3) is 0 Å². The first-order valence-electron chi connectivity index (χ1n) is 8.30. The van der Waals surface area contributed by atoms with Crippen LogP contribution >= 0.6 is 0 Å². The van der Waals surface area contributed by atoms with Gasteiger partial charge in [-0.3, -0.25) is 9.89 Å². The number of aliphatic imine (C=N–C) groups is 1. The minimum absolute atomic E-state index is 0.187. The molecule has 0 bridgehead atoms. The summed E-state index contributed by atoms with van der Waals surface area (Å²) in [5.74, 6) is -0.287. The Bertz CT molecular complexity index is 556. The van der Waals surface area contributed by atoms with Gasteiger partial charge in [0.1, 0.15) is 11.6 Å². The van der Waals surface area contributed by atoms with Crippen molar-refractivity contribution < 1.29 is 8.78 Å². The molecular formula is C17H27F2N5. The number of halogens is 2. The van der Waals surface area contributed by atoms with E-state index in [1.165, 1.54) is 6.07 Å². The molecule has 0 aliphatic carbocycles. The summed E-state index contributed by atoms with van der Waals surface area (Å²) in [7, 11) is 3.80. The summed E-state index contributed by atoms with van der Waals surface area (Å²) in [5.41, 5.74) is 0.282. The molecule has 1 aliphatic heterocycles. The van der Waals surface area contributed by atoms with E-state index in [2.05, 4.69) is 39.4 Å². The molecule has 2 rings (SSSR count). The second kappa shape index (κ2) is 8.94. The van der Waals surface area contributed by atoms with Gasteiger partial charge in [-0.1, -0.05) is 0 Å². The molecule has 5 nitrogen and oxygen atoms in total. The first-order valence-corrected chi connectivity index (χ1v) is 8.30. The standard InChI is InChI=1S/C17H27F2N5/c1-13(24-8-6-23(3)7-9-24)11-21-17(20-2)22-12-14-10-15(18)4-5-16(14)19/h4-5,10,13H,6-9,11-12H2,1-3H3,(H2,20,21,22). The Morgan fingerprint density at radius 1 is 1.21 bits per heavy atom. The van der Waals surface area contributed by atoms with Gasteiger partial charge < -0.3 is 15.5 Å². The maximum absolute atomic E-state index is 13.6. The lowest BCUT2D eigenvalue weighted by molar-refractivity contribution is 0.120. The number of nitrogens with one attached hydrogen (secondary N) is 2. The Morgan fingerprint density at radius 2 is 1.92 bits per heavy atom. The molecular weight excluding hydrogens is 312 g/mol. The molecule has 134 valence electrons. The molecule has 1 aromatic carbocycles. The van der Waals surface area contributed by atoms with Gasteiger partial charge in [0.05, 0.1) is 0 Å². The zero-order valence-electron chi connectivity index (χ0n) is 14.6. The number of hydrogen-bond acceptors (Lipinski definition) is 3. The lowest BCUT2D eigenvalue weighted by atomic mass is 10.2. The average molecular weight is 339 g/mol. The third kappa shape index (κ3) is 5.42. The average Bonchev–Trinajstić information content (AvgIpc) is 2.58. The third-order valence-electron chi connectivity index (χ3n) is 4.40. The molecule has 2 N–H and O–H groups in total. The zero-order chi connectivity index (χ0) is 17.5. The zero-order valence-corrected chi connectivity index (χ0v) is 14.6. The number of hydrogen-bond donors (Lipinski definition) is 2. The molecule has 0 saturated carbocycles. The van der Waals surface area contributed by atoms with Gasteiger partial charge in [0.2, 0.25) is 0 Å². The van der Waals surface area contributed by atoms with Crippen LogP contribution < -0.4 is 10.6 Å². The Balaban J connectivity index is 1.79. The van der Waals surface area contributed by atoms with E-state index in [0.717, 1.165) is 44.9 Å². The quantitative estimate of drug-likeness (QED) is 0.626. The van der Waals surface area contributed by atoms with Crippen LogP contribution in [0.25, 0.3) is 0 Å². The van der Waals surface area contributed by atoms with E-state index in [1.807, 2.05) is 0 Å². The fraction of sp³-hybridized carbons (Fsp3) is 0.588. The van der Waals surface area contributed by atoms with Crippen LogP contribution in [0.5, 0.6) is 0 Å². The number of rotatable bonds is 5. The van der Waals surface area contributed by atoms with E-state index in [1.54, 1.807) is 7.05 Å². The van der Waals surface area contributed by atoms with E-state index in [4.69, 9.17) is 0 Å². The van der Waals surface area contributed by atoms with E-state index in [9.17, 15) is 8.78 Å². The van der Waals surface area contributed by atoms with Crippen LogP contribution in [0.15, 0.2) is 23.2 Å². The van der Waals surface area contributed by atoms with Crippen LogP contribution in [0.3, 0.4) is 0 Å². The summed E-state index contributed by atoms with van der Waals surface area (Å²) in [6.45, 7) is 7.38. The number of guanidine groups is 1. The Hall–Kier alpha value is -1.73. The summed E-state index contributed by atoms with van der Waals surface area (Å²) >= 11 is 0. The number of likely N-dealkylation sites (N-methyl/N-ethyl adjacent to an activating group) is 1. The Labute approximate surface area is 142 Å². The maximum Gasteiger partial charge on any atom is 0.191 e. The van der Waals surface area contributed by atoms with Crippen LogP contribution in [0, 0.1) is 11.6 Å². The lowest BCUT2D eigenvalue weighted by Crippen LogP contribution is -2.52. The van der Waals surface area contributed by atoms with Gasteiger partial charge in [-0.15, -0.1) is 0 Å². The van der Waals surface area contributed by atoms with Gasteiger partial charge in [0, 0.05) is 57.9 Å². The van der Waals surface area contributed by atoms with Crippen molar-refractivity contribution in [1.82, 2.24) is 20.4 Å². The SMILES string of the molecule is CN=C(NCc1cc(F)ccc1F)NCC(C)N1CCN(C)CC1. The first-order chi connectivity index (χ1) is 11.5. The summed E-state index contributed by atoms with van der Waals surface area (Å²) in [6.07, 6.45) is 0. The normalized spacial score (nSPS) is 18.5. The van der Waals surface area contributed by atoms with Crippen LogP contribution in [0.4, 0.5) is 8.78 Å². The predicted octanol–water partition coefficient (Wildman–Crippen LogP) is 1.27. The molecule has 0 radical (unpaired) electrons. The van der Waals surface area contributed by atoms with E-state index in [-0.39, 0.29) is 12.1 Å². The molecule has 1 heterocycles. The highest BCUT2D eigenvalue weighted by molar-refractivity contribution is 5.79. The molecule has 1 atom stereocenters. The number of nitrogens with zero attached hydrogens (tertiary/aromatic N) is 3. The highest BCUT2D eigenvalue weighted by atomic mass is 19.1. The molecule has 0 amide bonds. The van der Waals surface area contributed by atoms with Gasteiger partial charge >= 0.3 is 0 Å². The summed E-state index contributed by atoms with van der Waals surface area (Å²) in [5, 5.41) is 6.27. The van der Waals surface area contributed by atoms with Crippen LogP contribution in [0.1, 0.15) is 12.5 Å². The molecule has 1 aliphatic rings. The monoisotopic (exact) mass is 339 g/mol. The summed E-state index contributed by atoms with van der Waals surface area (Å²) < 4.78 is 26.8. The van der Waals surface area contributed by atoms with Crippen molar-refractivity contribution >= 4 is 5.96 Å². The number of benzene rings is 1. The molecule has 1 fully saturated rings. The fourth-order valence-corrected chi connectivity index (χ4v) is 2.71. The Morgan fingerprint density at radius 3 is 2.58 bits per heavy atom. The van der Waals surface area contributed by atoms with Crippen LogP contribution in [0.2, 0.25) is 0 Å². The highest BCUT2D eigenvalue weighted by Crippen LogP contribution is 2.09. The number of piperazine rings is 1. The van der Waals surface area contributed by atoms with Crippen LogP contribution in [-0.4, -0.2) is 68.6 Å². The van der Waals surface area contributed by atoms with Crippen molar-refractivity contribution in [2.75, 3.05) is 46.8 Å². The largest absolute Gasteiger partial charge is 0.355 e. The molecule has 7 heteroatoms. The van der Waals surface area contributed by atoms with Crippen molar-refractivity contribution in [3.63, 3.8) is 0 Å².